The normalized spacial score (nSPS) is 22.1. The van der Waals surface area contributed by atoms with Gasteiger partial charge in [0.2, 0.25) is 5.91 Å². The standard InChI is InChI=1S/C28H37BrClN5O3/c1-33-9-11-34(12-10-33)17-23(18-5-3-2-4-6-18)32-26(37)14-20-16-31-28(38)24-15-21(27(29)35(20)24)19-7-8-25(36)22(30)13-19/h7-8,13,15,18,20,23,36H,2-6,9-12,14,16-17H2,1H3,(H,31,38)(H,32,37)/t20-,23+/m0/s1. The van der Waals surface area contributed by atoms with E-state index in [0.717, 1.165) is 48.5 Å². The third kappa shape index (κ3) is 6.06. The van der Waals surface area contributed by atoms with E-state index in [2.05, 4.69) is 43.4 Å². The lowest BCUT2D eigenvalue weighted by atomic mass is 9.83. The van der Waals surface area contributed by atoms with Gasteiger partial charge in [0.1, 0.15) is 11.4 Å². The smallest absolute Gasteiger partial charge is 0.268 e. The first-order chi connectivity index (χ1) is 18.3. The number of piperazine rings is 1. The number of hydrogen-bond donors (Lipinski definition) is 3. The summed E-state index contributed by atoms with van der Waals surface area (Å²) in [6.45, 7) is 5.48. The Morgan fingerprint density at radius 3 is 2.63 bits per heavy atom. The summed E-state index contributed by atoms with van der Waals surface area (Å²) >= 11 is 9.84. The molecule has 2 atom stereocenters. The third-order valence-corrected chi connectivity index (χ3v) is 9.48. The molecule has 2 fully saturated rings. The fraction of sp³-hybridized carbons (Fsp3) is 0.571. The predicted octanol–water partition coefficient (Wildman–Crippen LogP) is 4.26. The average molecular weight is 607 g/mol. The molecule has 5 rings (SSSR count). The van der Waals surface area contributed by atoms with Gasteiger partial charge in [-0.2, -0.15) is 0 Å². The predicted molar refractivity (Wildman–Crippen MR) is 153 cm³/mol. The molecule has 10 heteroatoms. The zero-order valence-electron chi connectivity index (χ0n) is 21.9. The van der Waals surface area contributed by atoms with Crippen molar-refractivity contribution < 1.29 is 14.7 Å². The molecule has 206 valence electrons. The molecule has 1 saturated heterocycles. The topological polar surface area (TPSA) is 89.8 Å². The minimum Gasteiger partial charge on any atom is -0.506 e. The molecule has 3 N–H and O–H groups in total. The number of fused-ring (bicyclic) bond motifs is 1. The van der Waals surface area contributed by atoms with Gasteiger partial charge in [0, 0.05) is 57.3 Å². The first kappa shape index (κ1) is 27.5. The Balaban J connectivity index is 1.32. The number of rotatable bonds is 7. The summed E-state index contributed by atoms with van der Waals surface area (Å²) in [5.74, 6) is 0.371. The van der Waals surface area contributed by atoms with Gasteiger partial charge in [0.25, 0.3) is 5.91 Å². The maximum absolute atomic E-state index is 13.5. The molecule has 3 heterocycles. The number of hydrogen-bond acceptors (Lipinski definition) is 5. The largest absolute Gasteiger partial charge is 0.506 e. The third-order valence-electron chi connectivity index (χ3n) is 8.37. The van der Waals surface area contributed by atoms with Crippen molar-refractivity contribution in [1.82, 2.24) is 25.0 Å². The molecule has 0 spiro atoms. The Bertz CT molecular complexity index is 1170. The monoisotopic (exact) mass is 605 g/mol. The molecular formula is C28H37BrClN5O3. The van der Waals surface area contributed by atoms with Gasteiger partial charge in [-0.05, 0) is 65.5 Å². The van der Waals surface area contributed by atoms with Crippen LogP contribution in [0.2, 0.25) is 5.02 Å². The molecule has 8 nitrogen and oxygen atoms in total. The molecule has 0 unspecified atom stereocenters. The highest BCUT2D eigenvalue weighted by Gasteiger charge is 2.33. The Hall–Kier alpha value is -2.07. The molecule has 1 saturated carbocycles. The van der Waals surface area contributed by atoms with E-state index < -0.39 is 0 Å². The lowest BCUT2D eigenvalue weighted by Crippen LogP contribution is -2.53. The number of nitrogens with zero attached hydrogens (tertiary/aromatic N) is 3. The summed E-state index contributed by atoms with van der Waals surface area (Å²) in [4.78, 5) is 31.1. The van der Waals surface area contributed by atoms with Crippen LogP contribution >= 0.6 is 27.5 Å². The van der Waals surface area contributed by atoms with Crippen LogP contribution in [-0.4, -0.2) is 83.6 Å². The van der Waals surface area contributed by atoms with Gasteiger partial charge in [-0.1, -0.05) is 36.9 Å². The fourth-order valence-electron chi connectivity index (χ4n) is 6.10. The summed E-state index contributed by atoms with van der Waals surface area (Å²) in [5, 5.41) is 16.4. The summed E-state index contributed by atoms with van der Waals surface area (Å²) in [6.07, 6.45) is 6.37. The van der Waals surface area contributed by atoms with Gasteiger partial charge in [0.05, 0.1) is 15.7 Å². The molecule has 38 heavy (non-hydrogen) atoms. The van der Waals surface area contributed by atoms with Crippen molar-refractivity contribution in [3.63, 3.8) is 0 Å². The van der Waals surface area contributed by atoms with E-state index in [1.54, 1.807) is 12.1 Å². The maximum Gasteiger partial charge on any atom is 0.268 e. The van der Waals surface area contributed by atoms with Crippen LogP contribution in [0.1, 0.15) is 55.1 Å². The highest BCUT2D eigenvalue weighted by Crippen LogP contribution is 2.38. The van der Waals surface area contributed by atoms with Gasteiger partial charge < -0.3 is 25.2 Å². The highest BCUT2D eigenvalue weighted by atomic mass is 79.9. The summed E-state index contributed by atoms with van der Waals surface area (Å²) < 4.78 is 2.65. The zero-order valence-corrected chi connectivity index (χ0v) is 24.2. The van der Waals surface area contributed by atoms with Crippen LogP contribution in [-0.2, 0) is 4.79 Å². The Kier molecular flexibility index (Phi) is 8.67. The Morgan fingerprint density at radius 2 is 1.92 bits per heavy atom. The number of phenols is 1. The average Bonchev–Trinajstić information content (AvgIpc) is 3.27. The molecule has 1 aliphatic carbocycles. The number of likely N-dealkylation sites (N-methyl/N-ethyl adjacent to an activating group) is 1. The van der Waals surface area contributed by atoms with Crippen molar-refractivity contribution >= 4 is 39.3 Å². The molecule has 0 bridgehead atoms. The second kappa shape index (κ2) is 12.0. The van der Waals surface area contributed by atoms with Gasteiger partial charge in [0.15, 0.2) is 0 Å². The molecule has 1 aromatic carbocycles. The van der Waals surface area contributed by atoms with Crippen molar-refractivity contribution in [2.24, 2.45) is 5.92 Å². The van der Waals surface area contributed by atoms with Gasteiger partial charge in [-0.15, -0.1) is 0 Å². The highest BCUT2D eigenvalue weighted by molar-refractivity contribution is 9.10. The summed E-state index contributed by atoms with van der Waals surface area (Å²) in [6, 6.07) is 6.72. The number of aromatic hydroxyl groups is 1. The van der Waals surface area contributed by atoms with Crippen LogP contribution in [0, 0.1) is 5.92 Å². The minimum atomic E-state index is -0.214. The van der Waals surface area contributed by atoms with Crippen LogP contribution in [0.15, 0.2) is 28.9 Å². The number of carbonyl (C=O) groups excluding carboxylic acids is 2. The lowest BCUT2D eigenvalue weighted by molar-refractivity contribution is -0.123. The summed E-state index contributed by atoms with van der Waals surface area (Å²) in [5.41, 5.74) is 2.07. The van der Waals surface area contributed by atoms with Crippen molar-refractivity contribution in [3.05, 3.63) is 39.6 Å². The van der Waals surface area contributed by atoms with Crippen molar-refractivity contribution in [1.29, 1.82) is 0 Å². The van der Waals surface area contributed by atoms with E-state index in [0.29, 0.717) is 18.2 Å². The quantitative estimate of drug-likeness (QED) is 0.438. The molecule has 2 aromatic rings. The lowest BCUT2D eigenvalue weighted by Gasteiger charge is -2.38. The number of phenolic OH excluding ortho intramolecular Hbond substituents is 1. The molecule has 3 aliphatic rings. The van der Waals surface area contributed by atoms with E-state index in [1.165, 1.54) is 38.2 Å². The van der Waals surface area contributed by atoms with Crippen molar-refractivity contribution in [3.8, 4) is 16.9 Å². The van der Waals surface area contributed by atoms with E-state index in [4.69, 9.17) is 11.6 Å². The number of amides is 2. The van der Waals surface area contributed by atoms with Gasteiger partial charge >= 0.3 is 0 Å². The molecule has 0 radical (unpaired) electrons. The second-order valence-electron chi connectivity index (χ2n) is 11.0. The SMILES string of the molecule is CN1CCN(C[C@@H](NC(=O)C[C@H]2CNC(=O)c3cc(-c4ccc(O)c(Cl)c4)c(Br)n32)C2CCCCC2)CC1. The molecule has 2 aliphatic heterocycles. The summed E-state index contributed by atoms with van der Waals surface area (Å²) in [7, 11) is 2.16. The second-order valence-corrected chi connectivity index (χ2v) is 12.2. The first-order valence-corrected chi connectivity index (χ1v) is 14.9. The van der Waals surface area contributed by atoms with E-state index >= 15 is 0 Å². The van der Waals surface area contributed by atoms with Crippen molar-refractivity contribution in [2.75, 3.05) is 46.3 Å². The number of carbonyl (C=O) groups is 2. The maximum atomic E-state index is 13.5. The molecular weight excluding hydrogens is 570 g/mol. The fourth-order valence-corrected chi connectivity index (χ4v) is 7.11. The Labute approximate surface area is 237 Å². The Morgan fingerprint density at radius 1 is 1.18 bits per heavy atom. The van der Waals surface area contributed by atoms with Crippen LogP contribution in [0.5, 0.6) is 5.75 Å². The van der Waals surface area contributed by atoms with Gasteiger partial charge in [-0.25, -0.2) is 0 Å². The van der Waals surface area contributed by atoms with Crippen LogP contribution in [0.25, 0.3) is 11.1 Å². The molecule has 1 aromatic heterocycles. The number of benzene rings is 1. The van der Waals surface area contributed by atoms with Crippen LogP contribution in [0.3, 0.4) is 0 Å². The van der Waals surface area contributed by atoms with Crippen LogP contribution < -0.4 is 10.6 Å². The van der Waals surface area contributed by atoms with E-state index in [-0.39, 0.29) is 41.1 Å². The number of halogens is 2. The van der Waals surface area contributed by atoms with E-state index in [9.17, 15) is 14.7 Å². The van der Waals surface area contributed by atoms with Crippen LogP contribution in [0.4, 0.5) is 0 Å². The number of aromatic nitrogens is 1. The molecule has 2 amide bonds. The zero-order chi connectivity index (χ0) is 26.8. The minimum absolute atomic E-state index is 0.00639. The van der Waals surface area contributed by atoms with E-state index in [1.807, 2.05) is 10.6 Å². The first-order valence-electron chi connectivity index (χ1n) is 13.7. The number of nitrogens with one attached hydrogen (secondary N) is 2. The van der Waals surface area contributed by atoms with Gasteiger partial charge in [-0.3, -0.25) is 14.5 Å². The van der Waals surface area contributed by atoms with Crippen molar-refractivity contribution in [2.45, 2.75) is 50.6 Å².